The van der Waals surface area contributed by atoms with Crippen molar-refractivity contribution in [3.63, 3.8) is 0 Å². The third-order valence-corrected chi connectivity index (χ3v) is 3.97. The third kappa shape index (κ3) is 2.12. The van der Waals surface area contributed by atoms with Crippen LogP contribution >= 0.6 is 11.3 Å². The Kier molecular flexibility index (Phi) is 3.01. The van der Waals surface area contributed by atoms with Gasteiger partial charge in [0.2, 0.25) is 0 Å². The minimum atomic E-state index is 0.838. The van der Waals surface area contributed by atoms with Crippen LogP contribution in [0.1, 0.15) is 34.6 Å². The highest BCUT2D eigenvalue weighted by Crippen LogP contribution is 2.31. The summed E-state index contributed by atoms with van der Waals surface area (Å²) in [5, 5.41) is 0. The van der Waals surface area contributed by atoms with Crippen LogP contribution in [-0.4, -0.2) is 6.54 Å². The molecule has 1 heterocycles. The van der Waals surface area contributed by atoms with Gasteiger partial charge in [-0.25, -0.2) is 0 Å². The normalized spacial score (nSPS) is 14.8. The first-order valence-corrected chi connectivity index (χ1v) is 6.02. The van der Waals surface area contributed by atoms with Crippen LogP contribution in [-0.2, 0) is 19.3 Å². The van der Waals surface area contributed by atoms with E-state index >= 15 is 0 Å². The second-order valence-corrected chi connectivity index (χ2v) is 4.98. The topological polar surface area (TPSA) is 26.0 Å². The van der Waals surface area contributed by atoms with Gasteiger partial charge in [0.05, 0.1) is 0 Å². The Labute approximate surface area is 84.0 Å². The minimum Gasteiger partial charge on any atom is -0.330 e. The van der Waals surface area contributed by atoms with Gasteiger partial charge >= 0.3 is 0 Å². The molecule has 13 heavy (non-hydrogen) atoms. The minimum absolute atomic E-state index is 0.838. The maximum absolute atomic E-state index is 5.47. The van der Waals surface area contributed by atoms with Gasteiger partial charge in [-0.05, 0) is 56.7 Å². The second-order valence-electron chi connectivity index (χ2n) is 3.76. The Hall–Kier alpha value is -0.340. The number of hydrogen-bond acceptors (Lipinski definition) is 2. The molecule has 1 aromatic rings. The van der Waals surface area contributed by atoms with Crippen molar-refractivity contribution in [1.82, 2.24) is 0 Å². The van der Waals surface area contributed by atoms with E-state index in [1.807, 2.05) is 11.3 Å². The van der Waals surface area contributed by atoms with Crippen LogP contribution in [0.4, 0.5) is 0 Å². The largest absolute Gasteiger partial charge is 0.330 e. The van der Waals surface area contributed by atoms with Crippen LogP contribution in [0.3, 0.4) is 0 Å². The van der Waals surface area contributed by atoms with Crippen LogP contribution in [0.2, 0.25) is 0 Å². The summed E-state index contributed by atoms with van der Waals surface area (Å²) in [5.74, 6) is 0. The van der Waals surface area contributed by atoms with Crippen molar-refractivity contribution in [2.75, 3.05) is 6.54 Å². The maximum atomic E-state index is 5.47. The molecule has 0 aliphatic heterocycles. The molecule has 2 rings (SSSR count). The van der Waals surface area contributed by atoms with E-state index < -0.39 is 0 Å². The molecule has 0 unspecified atom stereocenters. The molecule has 1 aromatic heterocycles. The number of rotatable bonds is 4. The number of thiophene rings is 1. The molecule has 1 aliphatic rings. The quantitative estimate of drug-likeness (QED) is 0.734. The molecular formula is C11H17NS. The van der Waals surface area contributed by atoms with Gasteiger partial charge in [0.15, 0.2) is 0 Å². The van der Waals surface area contributed by atoms with Crippen molar-refractivity contribution in [2.24, 2.45) is 5.73 Å². The number of unbranched alkanes of at least 4 members (excludes halogenated alkanes) is 1. The molecule has 0 atom stereocenters. The molecule has 0 fully saturated rings. The Morgan fingerprint density at radius 2 is 2.23 bits per heavy atom. The number of nitrogens with two attached hydrogens (primary N) is 1. The molecule has 0 saturated heterocycles. The smallest absolute Gasteiger partial charge is 0.00802 e. The molecular weight excluding hydrogens is 178 g/mol. The summed E-state index contributed by atoms with van der Waals surface area (Å²) in [6, 6.07) is 2.42. The lowest BCUT2D eigenvalue weighted by Gasteiger charge is -1.95. The maximum Gasteiger partial charge on any atom is 0.00802 e. The fraction of sp³-hybridized carbons (Fsp3) is 0.636. The van der Waals surface area contributed by atoms with Crippen molar-refractivity contribution in [2.45, 2.75) is 38.5 Å². The fourth-order valence-electron chi connectivity index (χ4n) is 1.96. The number of aryl methyl sites for hydroxylation is 3. The lowest BCUT2D eigenvalue weighted by atomic mass is 10.2. The highest BCUT2D eigenvalue weighted by molar-refractivity contribution is 7.12. The van der Waals surface area contributed by atoms with E-state index in [0.717, 1.165) is 6.54 Å². The SMILES string of the molecule is NCCCCc1cc2c(s1)CCC2. The van der Waals surface area contributed by atoms with Crippen LogP contribution < -0.4 is 5.73 Å². The summed E-state index contributed by atoms with van der Waals surface area (Å²) in [4.78, 5) is 3.24. The predicted molar refractivity (Wildman–Crippen MR) is 58.3 cm³/mol. The van der Waals surface area contributed by atoms with Crippen molar-refractivity contribution >= 4 is 11.3 Å². The zero-order valence-corrected chi connectivity index (χ0v) is 8.83. The first kappa shape index (κ1) is 9.22. The molecule has 0 saturated carbocycles. The zero-order valence-electron chi connectivity index (χ0n) is 8.01. The van der Waals surface area contributed by atoms with Gasteiger partial charge in [0, 0.05) is 9.75 Å². The average molecular weight is 195 g/mol. The van der Waals surface area contributed by atoms with E-state index in [9.17, 15) is 0 Å². The molecule has 0 aromatic carbocycles. The molecule has 2 heteroatoms. The standard InChI is InChI=1S/C11H17NS/c12-7-2-1-5-10-8-9-4-3-6-11(9)13-10/h8H,1-7,12H2. The number of hydrogen-bond donors (Lipinski definition) is 1. The first-order chi connectivity index (χ1) is 6.40. The molecule has 1 nitrogen and oxygen atoms in total. The molecule has 0 amide bonds. The Balaban J connectivity index is 1.91. The van der Waals surface area contributed by atoms with E-state index in [0.29, 0.717) is 0 Å². The van der Waals surface area contributed by atoms with E-state index in [2.05, 4.69) is 6.07 Å². The van der Waals surface area contributed by atoms with E-state index in [1.165, 1.54) is 38.5 Å². The van der Waals surface area contributed by atoms with Gasteiger partial charge in [-0.1, -0.05) is 0 Å². The Morgan fingerprint density at radius 1 is 1.31 bits per heavy atom. The highest BCUT2D eigenvalue weighted by Gasteiger charge is 2.13. The molecule has 0 spiro atoms. The van der Waals surface area contributed by atoms with E-state index in [4.69, 9.17) is 5.73 Å². The zero-order chi connectivity index (χ0) is 9.10. The van der Waals surface area contributed by atoms with Crippen LogP contribution in [0.5, 0.6) is 0 Å². The predicted octanol–water partition coefficient (Wildman–Crippen LogP) is 2.52. The summed E-state index contributed by atoms with van der Waals surface area (Å²) in [6.45, 7) is 0.838. The van der Waals surface area contributed by atoms with Crippen molar-refractivity contribution in [3.8, 4) is 0 Å². The van der Waals surface area contributed by atoms with Crippen molar-refractivity contribution in [3.05, 3.63) is 21.4 Å². The van der Waals surface area contributed by atoms with E-state index in [-0.39, 0.29) is 0 Å². The highest BCUT2D eigenvalue weighted by atomic mass is 32.1. The summed E-state index contributed by atoms with van der Waals surface area (Å²) < 4.78 is 0. The van der Waals surface area contributed by atoms with Gasteiger partial charge in [-0.15, -0.1) is 11.3 Å². The second kappa shape index (κ2) is 4.25. The molecule has 2 N–H and O–H groups in total. The summed E-state index contributed by atoms with van der Waals surface area (Å²) in [6.07, 6.45) is 7.71. The van der Waals surface area contributed by atoms with Crippen molar-refractivity contribution in [1.29, 1.82) is 0 Å². The lowest BCUT2D eigenvalue weighted by Crippen LogP contribution is -1.98. The molecule has 0 bridgehead atoms. The van der Waals surface area contributed by atoms with Gasteiger partial charge in [-0.2, -0.15) is 0 Å². The summed E-state index contributed by atoms with van der Waals surface area (Å²) in [5.41, 5.74) is 7.10. The summed E-state index contributed by atoms with van der Waals surface area (Å²) in [7, 11) is 0. The van der Waals surface area contributed by atoms with Crippen molar-refractivity contribution < 1.29 is 0 Å². The van der Waals surface area contributed by atoms with Crippen LogP contribution in [0.15, 0.2) is 6.07 Å². The molecule has 0 radical (unpaired) electrons. The average Bonchev–Trinajstić information content (AvgIpc) is 2.64. The van der Waals surface area contributed by atoms with Crippen LogP contribution in [0, 0.1) is 0 Å². The summed E-state index contributed by atoms with van der Waals surface area (Å²) >= 11 is 2.03. The van der Waals surface area contributed by atoms with Gasteiger partial charge in [-0.3, -0.25) is 0 Å². The Morgan fingerprint density at radius 3 is 3.00 bits per heavy atom. The Bertz CT molecular complexity index is 256. The third-order valence-electron chi connectivity index (χ3n) is 2.67. The van der Waals surface area contributed by atoms with Gasteiger partial charge < -0.3 is 5.73 Å². The molecule has 72 valence electrons. The van der Waals surface area contributed by atoms with Gasteiger partial charge in [0.1, 0.15) is 0 Å². The molecule has 1 aliphatic carbocycles. The van der Waals surface area contributed by atoms with Gasteiger partial charge in [0.25, 0.3) is 0 Å². The fourth-order valence-corrected chi connectivity index (χ4v) is 3.26. The van der Waals surface area contributed by atoms with E-state index in [1.54, 1.807) is 15.3 Å². The van der Waals surface area contributed by atoms with Crippen LogP contribution in [0.25, 0.3) is 0 Å². The first-order valence-electron chi connectivity index (χ1n) is 5.20. The monoisotopic (exact) mass is 195 g/mol. The lowest BCUT2D eigenvalue weighted by molar-refractivity contribution is 0.750. The number of fused-ring (bicyclic) bond motifs is 1.